The lowest BCUT2D eigenvalue weighted by Crippen LogP contribution is -2.03. The van der Waals surface area contributed by atoms with Crippen molar-refractivity contribution in [1.29, 1.82) is 0 Å². The average Bonchev–Trinajstić information content (AvgIpc) is 3.29. The first kappa shape index (κ1) is 18.0. The van der Waals surface area contributed by atoms with Crippen LogP contribution in [-0.4, -0.2) is 27.0 Å². The minimum Gasteiger partial charge on any atom is -0.493 e. The predicted molar refractivity (Wildman–Crippen MR) is 106 cm³/mol. The third-order valence-electron chi connectivity index (χ3n) is 4.64. The van der Waals surface area contributed by atoms with Crippen LogP contribution in [0.25, 0.3) is 11.5 Å². The smallest absolute Gasteiger partial charge is 0.226 e. The topological polar surface area (TPSA) is 76.8 Å². The van der Waals surface area contributed by atoms with Gasteiger partial charge in [0.25, 0.3) is 0 Å². The fourth-order valence-corrected chi connectivity index (χ4v) is 3.00. The minimum absolute atomic E-state index is 0.545. The molecular formula is C22H22N4O2. The highest BCUT2D eigenvalue weighted by Gasteiger charge is 2.11. The summed E-state index contributed by atoms with van der Waals surface area (Å²) < 4.78 is 11.7. The van der Waals surface area contributed by atoms with Gasteiger partial charge in [0, 0.05) is 18.4 Å². The predicted octanol–water partition coefficient (Wildman–Crippen LogP) is 4.29. The number of nitrogens with zero attached hydrogens (tertiary/aromatic N) is 3. The van der Waals surface area contributed by atoms with Crippen LogP contribution in [0, 0.1) is 13.8 Å². The van der Waals surface area contributed by atoms with Crippen LogP contribution < -0.4 is 4.74 Å². The Balaban J connectivity index is 1.33. The number of benzene rings is 2. The summed E-state index contributed by atoms with van der Waals surface area (Å²) in [5.74, 6) is 2.33. The Morgan fingerprint density at radius 2 is 1.71 bits per heavy atom. The number of oxazole rings is 1. The highest BCUT2D eigenvalue weighted by Crippen LogP contribution is 2.22. The van der Waals surface area contributed by atoms with Gasteiger partial charge in [-0.05, 0) is 43.7 Å². The van der Waals surface area contributed by atoms with Gasteiger partial charge < -0.3 is 9.15 Å². The van der Waals surface area contributed by atoms with E-state index in [2.05, 4.69) is 32.5 Å². The molecule has 4 rings (SSSR count). The third-order valence-corrected chi connectivity index (χ3v) is 4.64. The van der Waals surface area contributed by atoms with E-state index in [-0.39, 0.29) is 0 Å². The lowest BCUT2D eigenvalue weighted by atomic mass is 10.1. The van der Waals surface area contributed by atoms with Crippen LogP contribution in [0.4, 0.5) is 0 Å². The van der Waals surface area contributed by atoms with E-state index >= 15 is 0 Å². The first-order valence-electron chi connectivity index (χ1n) is 9.29. The van der Waals surface area contributed by atoms with Crippen molar-refractivity contribution in [2.75, 3.05) is 6.61 Å². The van der Waals surface area contributed by atoms with Gasteiger partial charge in [-0.2, -0.15) is 15.4 Å². The molecule has 28 heavy (non-hydrogen) atoms. The van der Waals surface area contributed by atoms with Crippen LogP contribution in [0.15, 0.2) is 59.0 Å². The molecule has 142 valence electrons. The number of aromatic amines is 1. The van der Waals surface area contributed by atoms with Crippen LogP contribution >= 0.6 is 0 Å². The van der Waals surface area contributed by atoms with Crippen molar-refractivity contribution in [1.82, 2.24) is 20.4 Å². The van der Waals surface area contributed by atoms with Crippen molar-refractivity contribution in [2.24, 2.45) is 0 Å². The van der Waals surface area contributed by atoms with Crippen molar-refractivity contribution in [3.63, 3.8) is 0 Å². The van der Waals surface area contributed by atoms with E-state index in [1.54, 1.807) is 0 Å². The standard InChI is InChI=1S/C22H22N4O2/c1-15-21(25-26-24-15)14-17-8-10-19(11-9-17)27-13-12-20-16(2)28-22(23-20)18-6-4-3-5-7-18/h3-11H,12-14H2,1-2H3,(H,24,25,26). The monoisotopic (exact) mass is 374 g/mol. The molecule has 0 atom stereocenters. The van der Waals surface area contributed by atoms with Gasteiger partial charge >= 0.3 is 0 Å². The fourth-order valence-electron chi connectivity index (χ4n) is 3.00. The van der Waals surface area contributed by atoms with Gasteiger partial charge in [0.15, 0.2) is 0 Å². The Morgan fingerprint density at radius 3 is 2.43 bits per heavy atom. The molecule has 6 heteroatoms. The van der Waals surface area contributed by atoms with Crippen LogP contribution in [-0.2, 0) is 12.8 Å². The van der Waals surface area contributed by atoms with Crippen molar-refractivity contribution < 1.29 is 9.15 Å². The summed E-state index contributed by atoms with van der Waals surface area (Å²) in [7, 11) is 0. The molecule has 0 saturated carbocycles. The van der Waals surface area contributed by atoms with Gasteiger partial charge in [-0.15, -0.1) is 0 Å². The molecule has 0 spiro atoms. The number of aromatic nitrogens is 4. The molecule has 6 nitrogen and oxygen atoms in total. The van der Waals surface area contributed by atoms with Crippen LogP contribution in [0.1, 0.15) is 28.4 Å². The first-order chi connectivity index (χ1) is 13.7. The number of hydrogen-bond acceptors (Lipinski definition) is 5. The van der Waals surface area contributed by atoms with Crippen LogP contribution in [0.2, 0.25) is 0 Å². The molecule has 1 N–H and O–H groups in total. The molecule has 0 amide bonds. The van der Waals surface area contributed by atoms with Gasteiger partial charge in [0.1, 0.15) is 11.5 Å². The van der Waals surface area contributed by atoms with E-state index in [4.69, 9.17) is 9.15 Å². The Hall–Kier alpha value is -3.41. The highest BCUT2D eigenvalue weighted by molar-refractivity contribution is 5.53. The molecule has 0 aliphatic heterocycles. The molecule has 0 saturated heterocycles. The van der Waals surface area contributed by atoms with E-state index in [0.717, 1.165) is 40.6 Å². The molecule has 0 fully saturated rings. The summed E-state index contributed by atoms with van der Waals surface area (Å²) in [6.07, 6.45) is 1.45. The van der Waals surface area contributed by atoms with Crippen LogP contribution in [0.5, 0.6) is 5.75 Å². The summed E-state index contributed by atoms with van der Waals surface area (Å²) in [5.41, 5.74) is 4.97. The first-order valence-corrected chi connectivity index (χ1v) is 9.29. The van der Waals surface area contributed by atoms with Crippen molar-refractivity contribution in [2.45, 2.75) is 26.7 Å². The van der Waals surface area contributed by atoms with E-state index in [0.29, 0.717) is 18.9 Å². The molecule has 0 unspecified atom stereocenters. The van der Waals surface area contributed by atoms with Crippen molar-refractivity contribution in [3.05, 3.63) is 83.0 Å². The Labute approximate surface area is 163 Å². The maximum absolute atomic E-state index is 5.88. The van der Waals surface area contributed by atoms with Crippen LogP contribution in [0.3, 0.4) is 0 Å². The molecule has 0 aliphatic carbocycles. The zero-order valence-electron chi connectivity index (χ0n) is 16.0. The molecule has 0 aliphatic rings. The third kappa shape index (κ3) is 4.11. The quantitative estimate of drug-likeness (QED) is 0.522. The molecule has 4 aromatic rings. The van der Waals surface area contributed by atoms with E-state index in [9.17, 15) is 0 Å². The molecule has 2 aromatic carbocycles. The van der Waals surface area contributed by atoms with Gasteiger partial charge in [-0.25, -0.2) is 4.98 Å². The summed E-state index contributed by atoms with van der Waals surface area (Å²) >= 11 is 0. The Kier molecular flexibility index (Phi) is 5.19. The number of ether oxygens (including phenoxy) is 1. The maximum atomic E-state index is 5.88. The number of aryl methyl sites for hydroxylation is 2. The van der Waals surface area contributed by atoms with E-state index in [1.165, 1.54) is 5.56 Å². The molecule has 0 bridgehead atoms. The average molecular weight is 374 g/mol. The van der Waals surface area contributed by atoms with Gasteiger partial charge in [0.2, 0.25) is 5.89 Å². The van der Waals surface area contributed by atoms with Gasteiger partial charge in [-0.1, -0.05) is 30.3 Å². The Morgan fingerprint density at radius 1 is 0.929 bits per heavy atom. The molecule has 2 aromatic heterocycles. The number of hydrogen-bond donors (Lipinski definition) is 1. The van der Waals surface area contributed by atoms with E-state index in [1.807, 2.05) is 56.3 Å². The SMILES string of the molecule is Cc1n[nH]nc1Cc1ccc(OCCc2nc(-c3ccccc3)oc2C)cc1. The maximum Gasteiger partial charge on any atom is 0.226 e. The number of H-pyrrole nitrogens is 1. The molecular weight excluding hydrogens is 352 g/mol. The second kappa shape index (κ2) is 8.08. The lowest BCUT2D eigenvalue weighted by molar-refractivity contribution is 0.320. The van der Waals surface area contributed by atoms with Crippen molar-refractivity contribution in [3.8, 4) is 17.2 Å². The number of rotatable bonds is 7. The Bertz CT molecular complexity index is 1040. The zero-order chi connectivity index (χ0) is 19.3. The summed E-state index contributed by atoms with van der Waals surface area (Å²) in [6, 6.07) is 18.0. The second-order valence-electron chi connectivity index (χ2n) is 6.66. The normalized spacial score (nSPS) is 10.9. The second-order valence-corrected chi connectivity index (χ2v) is 6.66. The largest absolute Gasteiger partial charge is 0.493 e. The molecule has 0 radical (unpaired) electrons. The number of nitrogens with one attached hydrogen (secondary N) is 1. The summed E-state index contributed by atoms with van der Waals surface area (Å²) in [6.45, 7) is 4.43. The molecule has 2 heterocycles. The van der Waals surface area contributed by atoms with E-state index < -0.39 is 0 Å². The minimum atomic E-state index is 0.545. The lowest BCUT2D eigenvalue weighted by Gasteiger charge is -2.06. The highest BCUT2D eigenvalue weighted by atomic mass is 16.5. The summed E-state index contributed by atoms with van der Waals surface area (Å²) in [5, 5.41) is 10.9. The summed E-state index contributed by atoms with van der Waals surface area (Å²) in [4.78, 5) is 4.61. The fraction of sp³-hybridized carbons (Fsp3) is 0.227. The van der Waals surface area contributed by atoms with Crippen molar-refractivity contribution >= 4 is 0 Å². The van der Waals surface area contributed by atoms with Gasteiger partial charge in [-0.3, -0.25) is 0 Å². The zero-order valence-corrected chi connectivity index (χ0v) is 16.0. The van der Waals surface area contributed by atoms with Gasteiger partial charge in [0.05, 0.1) is 23.7 Å².